The van der Waals surface area contributed by atoms with E-state index in [4.69, 9.17) is 0 Å². The summed E-state index contributed by atoms with van der Waals surface area (Å²) >= 11 is 0. The van der Waals surface area contributed by atoms with Gasteiger partial charge in [-0.05, 0) is 71.1 Å². The molecule has 0 radical (unpaired) electrons. The second kappa shape index (κ2) is 5.89. The third-order valence-electron chi connectivity index (χ3n) is 5.11. The number of piperidine rings is 1. The van der Waals surface area contributed by atoms with Crippen LogP contribution in [0.5, 0.6) is 0 Å². The highest BCUT2D eigenvalue weighted by Gasteiger charge is 2.34. The third kappa shape index (κ3) is 3.46. The molecular formula is C15H29N3. The molecule has 3 heteroatoms. The zero-order valence-corrected chi connectivity index (χ0v) is 11.9. The highest BCUT2D eigenvalue weighted by molar-refractivity contribution is 4.91. The summed E-state index contributed by atoms with van der Waals surface area (Å²) in [6, 6.07) is 1.75. The van der Waals surface area contributed by atoms with E-state index in [9.17, 15) is 0 Å². The van der Waals surface area contributed by atoms with Crippen molar-refractivity contribution in [2.24, 2.45) is 5.92 Å². The number of nitrogens with one attached hydrogen (secondary N) is 1. The molecule has 0 aromatic rings. The van der Waals surface area contributed by atoms with Crippen molar-refractivity contribution in [1.82, 2.24) is 15.1 Å². The number of likely N-dealkylation sites (tertiary alicyclic amines) is 2. The van der Waals surface area contributed by atoms with Crippen molar-refractivity contribution < 1.29 is 0 Å². The maximum Gasteiger partial charge on any atom is 0.0207 e. The van der Waals surface area contributed by atoms with E-state index < -0.39 is 0 Å². The Morgan fingerprint density at radius 2 is 1.78 bits per heavy atom. The molecule has 1 N–H and O–H groups in total. The molecule has 2 saturated heterocycles. The molecule has 18 heavy (non-hydrogen) atoms. The molecule has 1 unspecified atom stereocenters. The second-order valence-corrected chi connectivity index (χ2v) is 6.70. The smallest absolute Gasteiger partial charge is 0.0207 e. The van der Waals surface area contributed by atoms with Gasteiger partial charge in [0.25, 0.3) is 0 Å². The van der Waals surface area contributed by atoms with E-state index in [0.29, 0.717) is 0 Å². The second-order valence-electron chi connectivity index (χ2n) is 6.70. The molecule has 0 bridgehead atoms. The molecule has 3 fully saturated rings. The summed E-state index contributed by atoms with van der Waals surface area (Å²) < 4.78 is 0. The quantitative estimate of drug-likeness (QED) is 0.800. The molecule has 104 valence electrons. The lowest BCUT2D eigenvalue weighted by atomic mass is 9.94. The summed E-state index contributed by atoms with van der Waals surface area (Å²) in [5.41, 5.74) is 0. The highest BCUT2D eigenvalue weighted by Crippen LogP contribution is 2.29. The fourth-order valence-electron chi connectivity index (χ4n) is 3.57. The minimum atomic E-state index is 0.789. The molecule has 0 amide bonds. The van der Waals surface area contributed by atoms with Crippen molar-refractivity contribution in [2.75, 3.05) is 39.8 Å². The Balaban J connectivity index is 1.28. The fraction of sp³-hybridized carbons (Fsp3) is 1.00. The van der Waals surface area contributed by atoms with Gasteiger partial charge >= 0.3 is 0 Å². The lowest BCUT2D eigenvalue weighted by Gasteiger charge is -2.29. The molecule has 0 spiro atoms. The Hall–Kier alpha value is -0.120. The van der Waals surface area contributed by atoms with Crippen LogP contribution in [0.3, 0.4) is 0 Å². The minimum Gasteiger partial charge on any atom is -0.313 e. The number of nitrogens with zero attached hydrogens (tertiary/aromatic N) is 2. The van der Waals surface area contributed by atoms with Crippen LogP contribution < -0.4 is 5.32 Å². The van der Waals surface area contributed by atoms with Crippen LogP contribution in [0.25, 0.3) is 0 Å². The number of hydrogen-bond donors (Lipinski definition) is 1. The molecule has 0 aromatic carbocycles. The molecule has 1 atom stereocenters. The van der Waals surface area contributed by atoms with Gasteiger partial charge in [-0.3, -0.25) is 4.90 Å². The molecule has 2 aliphatic heterocycles. The summed E-state index contributed by atoms with van der Waals surface area (Å²) in [5, 5.41) is 3.80. The summed E-state index contributed by atoms with van der Waals surface area (Å²) in [6.07, 6.45) is 8.52. The molecule has 1 saturated carbocycles. The van der Waals surface area contributed by atoms with Gasteiger partial charge in [0.15, 0.2) is 0 Å². The average Bonchev–Trinajstić information content (AvgIpc) is 3.12. The van der Waals surface area contributed by atoms with Crippen LogP contribution in [-0.4, -0.2) is 61.7 Å². The average molecular weight is 251 g/mol. The molecule has 3 rings (SSSR count). The molecular weight excluding hydrogens is 222 g/mol. The van der Waals surface area contributed by atoms with Gasteiger partial charge in [0.1, 0.15) is 0 Å². The van der Waals surface area contributed by atoms with Gasteiger partial charge in [0, 0.05) is 25.2 Å². The first-order valence-corrected chi connectivity index (χ1v) is 7.97. The summed E-state index contributed by atoms with van der Waals surface area (Å²) in [6.45, 7) is 6.53. The van der Waals surface area contributed by atoms with E-state index in [0.717, 1.165) is 18.0 Å². The van der Waals surface area contributed by atoms with Crippen LogP contribution >= 0.6 is 0 Å². The Labute approximate surface area is 112 Å². The van der Waals surface area contributed by atoms with Crippen molar-refractivity contribution in [1.29, 1.82) is 0 Å². The predicted octanol–water partition coefficient (Wildman–Crippen LogP) is 1.54. The normalized spacial score (nSPS) is 32.2. The van der Waals surface area contributed by atoms with Crippen LogP contribution in [0.2, 0.25) is 0 Å². The zero-order chi connectivity index (χ0) is 12.4. The molecule has 1 aliphatic carbocycles. The molecule has 3 aliphatic rings. The van der Waals surface area contributed by atoms with Crippen molar-refractivity contribution >= 4 is 0 Å². The standard InChI is InChI=1S/C15H29N3/c1-17-9-5-13(6-10-17)4-8-16-14-7-11-18(12-14)15-2-3-15/h13-16H,2-12H2,1H3. The third-order valence-corrected chi connectivity index (χ3v) is 5.11. The summed E-state index contributed by atoms with van der Waals surface area (Å²) in [7, 11) is 2.25. The maximum atomic E-state index is 3.80. The van der Waals surface area contributed by atoms with Crippen LogP contribution in [0.1, 0.15) is 38.5 Å². The van der Waals surface area contributed by atoms with Gasteiger partial charge in [-0.2, -0.15) is 0 Å². The predicted molar refractivity (Wildman–Crippen MR) is 75.8 cm³/mol. The van der Waals surface area contributed by atoms with Crippen LogP contribution in [0.15, 0.2) is 0 Å². The van der Waals surface area contributed by atoms with Crippen LogP contribution in [0.4, 0.5) is 0 Å². The van der Waals surface area contributed by atoms with Gasteiger partial charge in [-0.15, -0.1) is 0 Å². The lowest BCUT2D eigenvalue weighted by molar-refractivity contribution is 0.210. The van der Waals surface area contributed by atoms with Gasteiger partial charge in [0.2, 0.25) is 0 Å². The van der Waals surface area contributed by atoms with E-state index in [1.165, 1.54) is 71.2 Å². The van der Waals surface area contributed by atoms with Crippen molar-refractivity contribution in [2.45, 2.75) is 50.6 Å². The zero-order valence-electron chi connectivity index (χ0n) is 11.9. The van der Waals surface area contributed by atoms with Crippen molar-refractivity contribution in [3.8, 4) is 0 Å². The molecule has 2 heterocycles. The Bertz CT molecular complexity index is 256. The summed E-state index contributed by atoms with van der Waals surface area (Å²) in [4.78, 5) is 5.17. The van der Waals surface area contributed by atoms with Crippen LogP contribution in [-0.2, 0) is 0 Å². The van der Waals surface area contributed by atoms with Gasteiger partial charge < -0.3 is 10.2 Å². The fourth-order valence-corrected chi connectivity index (χ4v) is 3.57. The van der Waals surface area contributed by atoms with E-state index in [-0.39, 0.29) is 0 Å². The van der Waals surface area contributed by atoms with Gasteiger partial charge in [-0.1, -0.05) is 0 Å². The van der Waals surface area contributed by atoms with E-state index in [1.807, 2.05) is 0 Å². The van der Waals surface area contributed by atoms with E-state index >= 15 is 0 Å². The van der Waals surface area contributed by atoms with Crippen molar-refractivity contribution in [3.05, 3.63) is 0 Å². The van der Waals surface area contributed by atoms with Gasteiger partial charge in [-0.25, -0.2) is 0 Å². The molecule has 3 nitrogen and oxygen atoms in total. The van der Waals surface area contributed by atoms with E-state index in [1.54, 1.807) is 0 Å². The summed E-state index contributed by atoms with van der Waals surface area (Å²) in [5.74, 6) is 0.981. The van der Waals surface area contributed by atoms with Crippen LogP contribution in [0, 0.1) is 5.92 Å². The highest BCUT2D eigenvalue weighted by atomic mass is 15.2. The van der Waals surface area contributed by atoms with Crippen molar-refractivity contribution in [3.63, 3.8) is 0 Å². The first-order chi connectivity index (χ1) is 8.81. The first kappa shape index (κ1) is 12.9. The SMILES string of the molecule is CN1CCC(CCNC2CCN(C3CC3)C2)CC1. The minimum absolute atomic E-state index is 0.789. The first-order valence-electron chi connectivity index (χ1n) is 7.97. The Morgan fingerprint density at radius 3 is 2.50 bits per heavy atom. The largest absolute Gasteiger partial charge is 0.313 e. The lowest BCUT2D eigenvalue weighted by Crippen LogP contribution is -2.36. The topological polar surface area (TPSA) is 18.5 Å². The van der Waals surface area contributed by atoms with E-state index in [2.05, 4.69) is 22.2 Å². The number of hydrogen-bond acceptors (Lipinski definition) is 3. The maximum absolute atomic E-state index is 3.80. The Morgan fingerprint density at radius 1 is 1.00 bits per heavy atom. The Kier molecular flexibility index (Phi) is 4.22. The number of rotatable bonds is 5. The molecule has 0 aromatic heterocycles. The monoisotopic (exact) mass is 251 g/mol. The van der Waals surface area contributed by atoms with Gasteiger partial charge in [0.05, 0.1) is 0 Å².